The summed E-state index contributed by atoms with van der Waals surface area (Å²) in [4.78, 5) is 26.3. The number of fused-ring (bicyclic) bond motifs is 1. The van der Waals surface area contributed by atoms with E-state index in [0.29, 0.717) is 0 Å². The molecular formula is C24H21FN8O3S. The van der Waals surface area contributed by atoms with Gasteiger partial charge in [0.05, 0.1) is 27.5 Å². The molecule has 1 unspecified atom stereocenters. The lowest BCUT2D eigenvalue weighted by molar-refractivity contribution is 0.581. The Labute approximate surface area is 210 Å². The van der Waals surface area contributed by atoms with Gasteiger partial charge in [-0.3, -0.25) is 9.36 Å². The average molecular weight is 521 g/mol. The number of nitrogens with one attached hydrogen (secondary N) is 1. The summed E-state index contributed by atoms with van der Waals surface area (Å²) in [5.74, 6) is -0.873. The minimum Gasteiger partial charge on any atom is -0.382 e. The number of sulfone groups is 1. The van der Waals surface area contributed by atoms with E-state index in [4.69, 9.17) is 11.5 Å². The Bertz CT molecular complexity index is 1780. The molecule has 1 aliphatic rings. The maximum absolute atomic E-state index is 15.1. The van der Waals surface area contributed by atoms with E-state index in [9.17, 15) is 18.5 Å². The summed E-state index contributed by atoms with van der Waals surface area (Å²) >= 11 is 0. The molecule has 13 heteroatoms. The molecule has 1 saturated carbocycles. The van der Waals surface area contributed by atoms with Crippen molar-refractivity contribution in [3.63, 3.8) is 0 Å². The fourth-order valence-corrected chi connectivity index (χ4v) is 5.17. The molecular weight excluding hydrogens is 499 g/mol. The quantitative estimate of drug-likeness (QED) is 0.341. The van der Waals surface area contributed by atoms with Crippen LogP contribution >= 0.6 is 0 Å². The molecule has 0 amide bonds. The van der Waals surface area contributed by atoms with Gasteiger partial charge < -0.3 is 16.8 Å². The van der Waals surface area contributed by atoms with Gasteiger partial charge in [0.1, 0.15) is 29.1 Å². The van der Waals surface area contributed by atoms with Gasteiger partial charge in [-0.25, -0.2) is 17.8 Å². The number of halogens is 1. The molecule has 5 rings (SSSR count). The highest BCUT2D eigenvalue weighted by Gasteiger charge is 2.37. The first-order valence-electron chi connectivity index (χ1n) is 11.2. The molecule has 0 spiro atoms. The molecule has 11 nitrogen and oxygen atoms in total. The number of aromatic nitrogens is 4. The smallest absolute Gasteiger partial charge is 0.267 e. The molecule has 37 heavy (non-hydrogen) atoms. The van der Waals surface area contributed by atoms with Crippen LogP contribution in [0.3, 0.4) is 0 Å². The lowest BCUT2D eigenvalue weighted by atomic mass is 10.1. The van der Waals surface area contributed by atoms with Crippen molar-refractivity contribution in [3.8, 4) is 11.8 Å². The lowest BCUT2D eigenvalue weighted by Crippen LogP contribution is -2.31. The maximum Gasteiger partial charge on any atom is 0.267 e. The number of nitrogen functional groups attached to an aromatic ring is 2. The van der Waals surface area contributed by atoms with E-state index >= 15 is 4.39 Å². The fraction of sp³-hybridized carbons (Fsp3) is 0.208. The van der Waals surface area contributed by atoms with Crippen molar-refractivity contribution in [1.82, 2.24) is 19.5 Å². The van der Waals surface area contributed by atoms with Crippen molar-refractivity contribution in [2.75, 3.05) is 23.0 Å². The second-order valence-electron chi connectivity index (χ2n) is 8.75. The molecule has 2 heterocycles. The number of benzene rings is 2. The standard InChI is InChI=1S/C24H21FN8O3S/c1-37(35,36)17-8-4-6-15-18(17)23(34)33(16-7-3-2-5-14(16)25)22(29-15)19(12-9-10-12)30-21-13(11-26)20(27)31-24(28)32-21/h2-8,12,19H,9-10H2,1H3,(H5,27,28,30,31,32). The Kier molecular flexibility index (Phi) is 5.76. The van der Waals surface area contributed by atoms with E-state index < -0.39 is 27.3 Å². The zero-order valence-electron chi connectivity index (χ0n) is 19.5. The maximum atomic E-state index is 15.1. The van der Waals surface area contributed by atoms with Crippen molar-refractivity contribution >= 4 is 38.3 Å². The van der Waals surface area contributed by atoms with E-state index in [2.05, 4.69) is 20.3 Å². The molecule has 2 aromatic heterocycles. The number of nitriles is 1. The van der Waals surface area contributed by atoms with Gasteiger partial charge in [0, 0.05) is 6.26 Å². The van der Waals surface area contributed by atoms with Gasteiger partial charge in [0.15, 0.2) is 15.7 Å². The van der Waals surface area contributed by atoms with Gasteiger partial charge in [-0.15, -0.1) is 0 Å². The van der Waals surface area contributed by atoms with Gasteiger partial charge in [-0.1, -0.05) is 18.2 Å². The number of nitrogens with zero attached hydrogens (tertiary/aromatic N) is 5. The number of nitrogens with two attached hydrogens (primary N) is 2. The van der Waals surface area contributed by atoms with E-state index in [1.54, 1.807) is 6.07 Å². The summed E-state index contributed by atoms with van der Waals surface area (Å²) in [6.45, 7) is 0. The summed E-state index contributed by atoms with van der Waals surface area (Å²) in [5, 5.41) is 12.6. The molecule has 188 valence electrons. The number of anilines is 3. The number of hydrogen-bond acceptors (Lipinski definition) is 10. The second-order valence-corrected chi connectivity index (χ2v) is 10.7. The van der Waals surface area contributed by atoms with Crippen LogP contribution in [-0.4, -0.2) is 34.2 Å². The number of para-hydroxylation sites is 1. The van der Waals surface area contributed by atoms with Crippen LogP contribution in [0.5, 0.6) is 0 Å². The van der Waals surface area contributed by atoms with Crippen molar-refractivity contribution in [1.29, 1.82) is 5.26 Å². The zero-order valence-corrected chi connectivity index (χ0v) is 20.3. The molecule has 1 fully saturated rings. The van der Waals surface area contributed by atoms with E-state index in [-0.39, 0.29) is 56.4 Å². The van der Waals surface area contributed by atoms with Crippen LogP contribution in [0, 0.1) is 23.1 Å². The first-order chi connectivity index (χ1) is 17.6. The number of rotatable bonds is 6. The van der Waals surface area contributed by atoms with Crippen LogP contribution in [0.4, 0.5) is 22.0 Å². The van der Waals surface area contributed by atoms with Crippen molar-refractivity contribution in [2.45, 2.75) is 23.8 Å². The monoisotopic (exact) mass is 520 g/mol. The first-order valence-corrected chi connectivity index (χ1v) is 13.1. The summed E-state index contributed by atoms with van der Waals surface area (Å²) < 4.78 is 41.1. The van der Waals surface area contributed by atoms with Gasteiger partial charge in [0.2, 0.25) is 5.95 Å². The van der Waals surface area contributed by atoms with Crippen LogP contribution in [0.2, 0.25) is 0 Å². The summed E-state index contributed by atoms with van der Waals surface area (Å²) in [5.41, 5.74) is 10.9. The Morgan fingerprint density at radius 3 is 2.51 bits per heavy atom. The Hall–Kier alpha value is -4.57. The zero-order chi connectivity index (χ0) is 26.5. The summed E-state index contributed by atoms with van der Waals surface area (Å²) in [6.07, 6.45) is 2.50. The van der Waals surface area contributed by atoms with Crippen molar-refractivity contribution in [2.24, 2.45) is 5.92 Å². The highest BCUT2D eigenvalue weighted by atomic mass is 32.2. The number of hydrogen-bond donors (Lipinski definition) is 3. The van der Waals surface area contributed by atoms with E-state index in [1.807, 2.05) is 6.07 Å². The highest BCUT2D eigenvalue weighted by molar-refractivity contribution is 7.91. The molecule has 1 atom stereocenters. The molecule has 0 radical (unpaired) electrons. The Balaban J connectivity index is 1.83. The SMILES string of the molecule is CS(=O)(=O)c1cccc2nc(C(Nc3nc(N)nc(N)c3C#N)C3CC3)n(-c3ccccc3F)c(=O)c12. The lowest BCUT2D eigenvalue weighted by Gasteiger charge is -2.24. The first kappa shape index (κ1) is 24.1. The van der Waals surface area contributed by atoms with Crippen LogP contribution in [-0.2, 0) is 9.84 Å². The normalized spacial score (nSPS) is 14.3. The second kappa shape index (κ2) is 8.82. The molecule has 0 bridgehead atoms. The topological polar surface area (TPSA) is 183 Å². The van der Waals surface area contributed by atoms with E-state index in [1.165, 1.54) is 36.4 Å². The van der Waals surface area contributed by atoms with Crippen LogP contribution in [0.1, 0.15) is 30.3 Å². The average Bonchev–Trinajstić information content (AvgIpc) is 3.67. The Morgan fingerprint density at radius 2 is 1.86 bits per heavy atom. The molecule has 0 saturated heterocycles. The third kappa shape index (κ3) is 4.31. The highest BCUT2D eigenvalue weighted by Crippen LogP contribution is 2.43. The predicted molar refractivity (Wildman–Crippen MR) is 135 cm³/mol. The summed E-state index contributed by atoms with van der Waals surface area (Å²) in [6, 6.07) is 11.2. The van der Waals surface area contributed by atoms with Gasteiger partial charge in [0.25, 0.3) is 5.56 Å². The third-order valence-electron chi connectivity index (χ3n) is 6.11. The minimum absolute atomic E-state index is 0.0419. The van der Waals surface area contributed by atoms with Crippen LogP contribution in [0.15, 0.2) is 52.2 Å². The predicted octanol–water partition coefficient (Wildman–Crippen LogP) is 2.32. The molecule has 2 aromatic carbocycles. The van der Waals surface area contributed by atoms with Gasteiger partial charge >= 0.3 is 0 Å². The van der Waals surface area contributed by atoms with Crippen LogP contribution < -0.4 is 22.3 Å². The van der Waals surface area contributed by atoms with Gasteiger partial charge in [-0.05, 0) is 43.0 Å². The van der Waals surface area contributed by atoms with Gasteiger partial charge in [-0.2, -0.15) is 15.2 Å². The van der Waals surface area contributed by atoms with Crippen molar-refractivity contribution in [3.05, 3.63) is 70.0 Å². The molecule has 4 aromatic rings. The Morgan fingerprint density at radius 1 is 1.14 bits per heavy atom. The largest absolute Gasteiger partial charge is 0.382 e. The van der Waals surface area contributed by atoms with Crippen molar-refractivity contribution < 1.29 is 12.8 Å². The third-order valence-corrected chi connectivity index (χ3v) is 7.25. The summed E-state index contributed by atoms with van der Waals surface area (Å²) in [7, 11) is -3.81. The minimum atomic E-state index is -3.81. The van der Waals surface area contributed by atoms with E-state index in [0.717, 1.165) is 23.7 Å². The molecule has 0 aliphatic heterocycles. The fourth-order valence-electron chi connectivity index (χ4n) is 4.28. The van der Waals surface area contributed by atoms with Crippen LogP contribution in [0.25, 0.3) is 16.6 Å². The molecule has 5 N–H and O–H groups in total. The molecule has 1 aliphatic carbocycles.